The molecule has 102 valence electrons. The second kappa shape index (κ2) is 7.16. The number of aliphatic carboxylic acids is 1. The van der Waals surface area contributed by atoms with Crippen molar-refractivity contribution >= 4 is 11.9 Å². The standard InChI is InChI=1S/C13H22N2O3/c1-3-7-15(9-12(16)17)13(18)11-8-10(4-2)5-6-14-11/h3,10-11,14H,1,4-9H2,2H3,(H,16,17). The van der Waals surface area contributed by atoms with Gasteiger partial charge in [-0.15, -0.1) is 6.58 Å². The number of nitrogens with zero attached hydrogens (tertiary/aromatic N) is 1. The molecule has 0 aromatic rings. The summed E-state index contributed by atoms with van der Waals surface area (Å²) in [6.07, 6.45) is 4.50. The second-order valence-corrected chi connectivity index (χ2v) is 4.71. The highest BCUT2D eigenvalue weighted by Gasteiger charge is 2.29. The molecule has 0 spiro atoms. The molecule has 1 aliphatic heterocycles. The minimum atomic E-state index is -0.993. The zero-order valence-corrected chi connectivity index (χ0v) is 10.9. The van der Waals surface area contributed by atoms with Crippen LogP contribution in [0.2, 0.25) is 0 Å². The number of hydrogen-bond acceptors (Lipinski definition) is 3. The van der Waals surface area contributed by atoms with Crippen LogP contribution in [0, 0.1) is 5.92 Å². The number of carboxylic acid groups (broad SMARTS) is 1. The van der Waals surface area contributed by atoms with Gasteiger partial charge in [0.05, 0.1) is 6.04 Å². The molecule has 1 saturated heterocycles. The quantitative estimate of drug-likeness (QED) is 0.690. The van der Waals surface area contributed by atoms with E-state index in [2.05, 4.69) is 18.8 Å². The molecule has 1 amide bonds. The molecule has 1 rings (SSSR count). The summed E-state index contributed by atoms with van der Waals surface area (Å²) in [4.78, 5) is 24.3. The maximum absolute atomic E-state index is 12.2. The molecule has 1 aliphatic rings. The Morgan fingerprint density at radius 3 is 2.83 bits per heavy atom. The molecule has 0 aromatic carbocycles. The topological polar surface area (TPSA) is 69.6 Å². The highest BCUT2D eigenvalue weighted by atomic mass is 16.4. The first kappa shape index (κ1) is 14.7. The first-order valence-corrected chi connectivity index (χ1v) is 6.43. The average Bonchev–Trinajstić information content (AvgIpc) is 2.37. The highest BCUT2D eigenvalue weighted by Crippen LogP contribution is 2.20. The van der Waals surface area contributed by atoms with Crippen LogP contribution in [0.4, 0.5) is 0 Å². The first-order valence-electron chi connectivity index (χ1n) is 6.43. The molecule has 1 heterocycles. The predicted octanol–water partition coefficient (Wildman–Crippen LogP) is 0.864. The molecule has 5 nitrogen and oxygen atoms in total. The van der Waals surface area contributed by atoms with Crippen LogP contribution in [0.15, 0.2) is 12.7 Å². The molecule has 0 radical (unpaired) electrons. The third kappa shape index (κ3) is 4.14. The van der Waals surface area contributed by atoms with Gasteiger partial charge in [-0.2, -0.15) is 0 Å². The van der Waals surface area contributed by atoms with Gasteiger partial charge < -0.3 is 15.3 Å². The van der Waals surface area contributed by atoms with Gasteiger partial charge in [-0.05, 0) is 25.3 Å². The normalized spacial score (nSPS) is 23.4. The molecule has 5 heteroatoms. The fourth-order valence-electron chi connectivity index (χ4n) is 2.33. The maximum Gasteiger partial charge on any atom is 0.323 e. The van der Waals surface area contributed by atoms with E-state index in [4.69, 9.17) is 5.11 Å². The number of hydrogen-bond donors (Lipinski definition) is 2. The van der Waals surface area contributed by atoms with Crippen molar-refractivity contribution in [3.8, 4) is 0 Å². The summed E-state index contributed by atoms with van der Waals surface area (Å²) in [5, 5.41) is 12.0. The number of amides is 1. The van der Waals surface area contributed by atoms with Crippen LogP contribution in [0.3, 0.4) is 0 Å². The van der Waals surface area contributed by atoms with Crippen LogP contribution in [-0.4, -0.2) is 47.6 Å². The van der Waals surface area contributed by atoms with Crippen molar-refractivity contribution < 1.29 is 14.7 Å². The van der Waals surface area contributed by atoms with E-state index in [1.54, 1.807) is 6.08 Å². The number of nitrogens with one attached hydrogen (secondary N) is 1. The zero-order valence-electron chi connectivity index (χ0n) is 10.9. The van der Waals surface area contributed by atoms with Crippen molar-refractivity contribution in [2.45, 2.75) is 32.2 Å². The van der Waals surface area contributed by atoms with E-state index in [0.29, 0.717) is 5.92 Å². The van der Waals surface area contributed by atoms with E-state index < -0.39 is 5.97 Å². The van der Waals surface area contributed by atoms with E-state index in [9.17, 15) is 9.59 Å². The van der Waals surface area contributed by atoms with Crippen LogP contribution in [-0.2, 0) is 9.59 Å². The maximum atomic E-state index is 12.2. The summed E-state index contributed by atoms with van der Waals surface area (Å²) in [5.74, 6) is -0.570. The van der Waals surface area contributed by atoms with Crippen LogP contribution < -0.4 is 5.32 Å². The number of carbonyl (C=O) groups excluding carboxylic acids is 1. The molecule has 2 unspecified atom stereocenters. The van der Waals surface area contributed by atoms with E-state index in [1.165, 1.54) is 4.90 Å². The molecule has 0 bridgehead atoms. The molecule has 18 heavy (non-hydrogen) atoms. The largest absolute Gasteiger partial charge is 0.480 e. The Morgan fingerprint density at radius 2 is 2.28 bits per heavy atom. The summed E-state index contributed by atoms with van der Waals surface area (Å²) in [7, 11) is 0. The predicted molar refractivity (Wildman–Crippen MR) is 69.2 cm³/mol. The zero-order chi connectivity index (χ0) is 13.5. The lowest BCUT2D eigenvalue weighted by atomic mass is 9.90. The highest BCUT2D eigenvalue weighted by molar-refractivity contribution is 5.85. The Balaban J connectivity index is 2.63. The minimum Gasteiger partial charge on any atom is -0.480 e. The lowest BCUT2D eigenvalue weighted by Crippen LogP contribution is -2.51. The van der Waals surface area contributed by atoms with Gasteiger partial charge in [0.15, 0.2) is 0 Å². The number of piperidine rings is 1. The molecular formula is C13H22N2O3. The fraction of sp³-hybridized carbons (Fsp3) is 0.692. The Morgan fingerprint density at radius 1 is 1.56 bits per heavy atom. The SMILES string of the molecule is C=CCN(CC(=O)O)C(=O)C1CC(CC)CCN1. The smallest absolute Gasteiger partial charge is 0.323 e. The summed E-state index contributed by atoms with van der Waals surface area (Å²) in [6.45, 7) is 6.52. The van der Waals surface area contributed by atoms with Gasteiger partial charge in [0, 0.05) is 6.54 Å². The lowest BCUT2D eigenvalue weighted by molar-refractivity contribution is -0.145. The summed E-state index contributed by atoms with van der Waals surface area (Å²) in [6, 6.07) is -0.247. The molecule has 2 atom stereocenters. The number of carboxylic acids is 1. The van der Waals surface area contributed by atoms with E-state index in [1.807, 2.05) is 0 Å². The third-order valence-electron chi connectivity index (χ3n) is 3.38. The molecular weight excluding hydrogens is 232 g/mol. The van der Waals surface area contributed by atoms with Gasteiger partial charge in [0.25, 0.3) is 0 Å². The molecule has 2 N–H and O–H groups in total. The number of rotatable bonds is 6. The average molecular weight is 254 g/mol. The van der Waals surface area contributed by atoms with Crippen LogP contribution in [0.5, 0.6) is 0 Å². The van der Waals surface area contributed by atoms with Crippen molar-refractivity contribution in [1.82, 2.24) is 10.2 Å². The van der Waals surface area contributed by atoms with Crippen molar-refractivity contribution in [3.63, 3.8) is 0 Å². The van der Waals surface area contributed by atoms with Crippen LogP contribution in [0.25, 0.3) is 0 Å². The Labute approximate surface area is 108 Å². The van der Waals surface area contributed by atoms with Crippen LogP contribution in [0.1, 0.15) is 26.2 Å². The molecule has 0 aromatic heterocycles. The fourth-order valence-corrected chi connectivity index (χ4v) is 2.33. The molecule has 1 fully saturated rings. The van der Waals surface area contributed by atoms with Gasteiger partial charge >= 0.3 is 5.97 Å². The van der Waals surface area contributed by atoms with Gasteiger partial charge in [0.2, 0.25) is 5.91 Å². The second-order valence-electron chi connectivity index (χ2n) is 4.71. The van der Waals surface area contributed by atoms with E-state index in [0.717, 1.165) is 25.8 Å². The van der Waals surface area contributed by atoms with Crippen molar-refractivity contribution in [2.24, 2.45) is 5.92 Å². The summed E-state index contributed by atoms with van der Waals surface area (Å²) >= 11 is 0. The van der Waals surface area contributed by atoms with Crippen LogP contribution >= 0.6 is 0 Å². The van der Waals surface area contributed by atoms with Gasteiger partial charge in [-0.1, -0.05) is 19.4 Å². The Bertz CT molecular complexity index is 317. The van der Waals surface area contributed by atoms with Gasteiger partial charge in [0.1, 0.15) is 6.54 Å². The number of carbonyl (C=O) groups is 2. The third-order valence-corrected chi connectivity index (χ3v) is 3.38. The first-order chi connectivity index (χ1) is 8.58. The Kier molecular flexibility index (Phi) is 5.85. The van der Waals surface area contributed by atoms with E-state index >= 15 is 0 Å². The molecule has 0 aliphatic carbocycles. The van der Waals surface area contributed by atoms with Crippen molar-refractivity contribution in [2.75, 3.05) is 19.6 Å². The summed E-state index contributed by atoms with van der Waals surface area (Å²) in [5.41, 5.74) is 0. The van der Waals surface area contributed by atoms with Crippen molar-refractivity contribution in [1.29, 1.82) is 0 Å². The molecule has 0 saturated carbocycles. The van der Waals surface area contributed by atoms with Gasteiger partial charge in [-0.3, -0.25) is 9.59 Å². The van der Waals surface area contributed by atoms with Gasteiger partial charge in [-0.25, -0.2) is 0 Å². The minimum absolute atomic E-state index is 0.129. The Hall–Kier alpha value is -1.36. The van der Waals surface area contributed by atoms with Crippen molar-refractivity contribution in [3.05, 3.63) is 12.7 Å². The monoisotopic (exact) mass is 254 g/mol. The summed E-state index contributed by atoms with van der Waals surface area (Å²) < 4.78 is 0. The van der Waals surface area contributed by atoms with E-state index in [-0.39, 0.29) is 25.0 Å². The lowest BCUT2D eigenvalue weighted by Gasteiger charge is -2.32.